The number of aryl methyl sites for hydroxylation is 1. The molecule has 1 unspecified atom stereocenters. The van der Waals surface area contributed by atoms with Gasteiger partial charge in [0.05, 0.1) is 5.69 Å². The van der Waals surface area contributed by atoms with Gasteiger partial charge in [0.1, 0.15) is 0 Å². The second-order valence-electron chi connectivity index (χ2n) is 6.10. The van der Waals surface area contributed by atoms with E-state index >= 15 is 0 Å². The number of hydrogen-bond acceptors (Lipinski definition) is 4. The van der Waals surface area contributed by atoms with Gasteiger partial charge in [0, 0.05) is 24.0 Å². The van der Waals surface area contributed by atoms with Crippen LogP contribution in [-0.4, -0.2) is 24.6 Å². The minimum absolute atomic E-state index is 0.413. The summed E-state index contributed by atoms with van der Waals surface area (Å²) in [6.45, 7) is 14.6. The predicted octanol–water partition coefficient (Wildman–Crippen LogP) is 4.14. The molecule has 20 heavy (non-hydrogen) atoms. The van der Waals surface area contributed by atoms with Crippen molar-refractivity contribution in [3.63, 3.8) is 0 Å². The van der Waals surface area contributed by atoms with Crippen LogP contribution in [0.25, 0.3) is 0 Å². The molecule has 2 heterocycles. The van der Waals surface area contributed by atoms with Gasteiger partial charge in [-0.05, 0) is 45.1 Å². The molecule has 1 aromatic heterocycles. The summed E-state index contributed by atoms with van der Waals surface area (Å²) in [6.07, 6.45) is 3.88. The van der Waals surface area contributed by atoms with Crippen LogP contribution >= 0.6 is 11.3 Å². The minimum Gasteiger partial charge on any atom is -0.348 e. The molecule has 0 radical (unpaired) electrons. The van der Waals surface area contributed by atoms with Crippen LogP contribution < -0.4 is 10.2 Å². The quantitative estimate of drug-likeness (QED) is 0.855. The Morgan fingerprint density at radius 3 is 2.60 bits per heavy atom. The fourth-order valence-corrected chi connectivity index (χ4v) is 4.37. The molecule has 0 saturated carbocycles. The maximum absolute atomic E-state index is 4.83. The van der Waals surface area contributed by atoms with Gasteiger partial charge < -0.3 is 10.2 Å². The highest BCUT2D eigenvalue weighted by atomic mass is 32.1. The van der Waals surface area contributed by atoms with Gasteiger partial charge >= 0.3 is 0 Å². The Bertz CT molecular complexity index is 437. The number of aromatic nitrogens is 1. The average molecular weight is 295 g/mol. The fourth-order valence-electron chi connectivity index (χ4n) is 3.26. The van der Waals surface area contributed by atoms with E-state index < -0.39 is 0 Å². The zero-order valence-electron chi connectivity index (χ0n) is 13.6. The Hall–Kier alpha value is -0.610. The van der Waals surface area contributed by atoms with Gasteiger partial charge in [0.25, 0.3) is 0 Å². The minimum atomic E-state index is 0.413. The van der Waals surface area contributed by atoms with Crippen LogP contribution in [0, 0.1) is 12.3 Å². The summed E-state index contributed by atoms with van der Waals surface area (Å²) in [5.41, 5.74) is 1.72. The van der Waals surface area contributed by atoms with E-state index in [0.29, 0.717) is 11.5 Å². The van der Waals surface area contributed by atoms with E-state index in [9.17, 15) is 0 Å². The number of hydrogen-bond donors (Lipinski definition) is 1. The van der Waals surface area contributed by atoms with Crippen molar-refractivity contribution < 1.29 is 0 Å². The summed E-state index contributed by atoms with van der Waals surface area (Å²) in [4.78, 5) is 8.74. The molecule has 2 rings (SSSR count). The molecule has 1 aromatic rings. The highest BCUT2D eigenvalue weighted by molar-refractivity contribution is 7.15. The molecule has 1 N–H and O–H groups in total. The lowest BCUT2D eigenvalue weighted by Crippen LogP contribution is -2.25. The van der Waals surface area contributed by atoms with Crippen molar-refractivity contribution in [2.75, 3.05) is 24.5 Å². The van der Waals surface area contributed by atoms with E-state index in [1.54, 1.807) is 0 Å². The first-order valence-corrected chi connectivity index (χ1v) is 8.82. The second-order valence-corrected chi connectivity index (χ2v) is 7.11. The zero-order chi connectivity index (χ0) is 14.8. The molecule has 1 fully saturated rings. The molecule has 0 spiro atoms. The molecule has 1 atom stereocenters. The summed E-state index contributed by atoms with van der Waals surface area (Å²) < 4.78 is 0. The topological polar surface area (TPSA) is 28.2 Å². The number of nitrogens with zero attached hydrogens (tertiary/aromatic N) is 2. The number of rotatable bonds is 6. The summed E-state index contributed by atoms with van der Waals surface area (Å²) >= 11 is 1.88. The summed E-state index contributed by atoms with van der Waals surface area (Å²) in [5, 5.41) is 4.72. The molecule has 3 nitrogen and oxygen atoms in total. The van der Waals surface area contributed by atoms with E-state index in [1.165, 1.54) is 48.1 Å². The van der Waals surface area contributed by atoms with Gasteiger partial charge in [-0.2, -0.15) is 0 Å². The Morgan fingerprint density at radius 1 is 1.35 bits per heavy atom. The van der Waals surface area contributed by atoms with Crippen molar-refractivity contribution in [1.29, 1.82) is 0 Å². The highest BCUT2D eigenvalue weighted by Crippen LogP contribution is 2.41. The lowest BCUT2D eigenvalue weighted by molar-refractivity contribution is 0.301. The van der Waals surface area contributed by atoms with Crippen molar-refractivity contribution in [3.8, 4) is 0 Å². The van der Waals surface area contributed by atoms with Gasteiger partial charge in [0.15, 0.2) is 5.13 Å². The molecule has 0 amide bonds. The Labute approximate surface area is 127 Å². The first-order valence-electron chi connectivity index (χ1n) is 8.01. The third-order valence-electron chi connectivity index (χ3n) is 4.93. The van der Waals surface area contributed by atoms with Crippen molar-refractivity contribution in [3.05, 3.63) is 10.6 Å². The highest BCUT2D eigenvalue weighted by Gasteiger charge is 2.36. The Morgan fingerprint density at radius 2 is 2.05 bits per heavy atom. The maximum Gasteiger partial charge on any atom is 0.185 e. The van der Waals surface area contributed by atoms with Crippen molar-refractivity contribution >= 4 is 16.5 Å². The standard InChI is InChI=1S/C16H29N3S/c1-6-16(7-2)9-10-19(11-16)15-18-13(5)14(20-15)12(4)17-8-3/h12,17H,6-11H2,1-5H3. The molecule has 0 aliphatic carbocycles. The van der Waals surface area contributed by atoms with Crippen molar-refractivity contribution in [2.24, 2.45) is 5.41 Å². The first kappa shape index (κ1) is 15.8. The average Bonchev–Trinajstić information content (AvgIpc) is 3.03. The van der Waals surface area contributed by atoms with Crippen LogP contribution in [0.5, 0.6) is 0 Å². The van der Waals surface area contributed by atoms with Gasteiger partial charge in [-0.3, -0.25) is 0 Å². The van der Waals surface area contributed by atoms with Crippen LogP contribution in [0.3, 0.4) is 0 Å². The molecule has 0 aromatic carbocycles. The zero-order valence-corrected chi connectivity index (χ0v) is 14.4. The molecule has 1 aliphatic heterocycles. The predicted molar refractivity (Wildman–Crippen MR) is 88.8 cm³/mol. The van der Waals surface area contributed by atoms with Gasteiger partial charge in [-0.15, -0.1) is 11.3 Å². The molecule has 0 bridgehead atoms. The van der Waals surface area contributed by atoms with Crippen LogP contribution in [0.2, 0.25) is 0 Å². The first-order chi connectivity index (χ1) is 9.55. The normalized spacial score (nSPS) is 19.6. The third-order valence-corrected chi connectivity index (χ3v) is 6.33. The second kappa shape index (κ2) is 6.44. The van der Waals surface area contributed by atoms with Crippen LogP contribution in [0.4, 0.5) is 5.13 Å². The number of thiazole rings is 1. The molecule has 1 aliphatic rings. The van der Waals surface area contributed by atoms with Crippen LogP contribution in [0.1, 0.15) is 63.6 Å². The van der Waals surface area contributed by atoms with Gasteiger partial charge in [-0.1, -0.05) is 20.8 Å². The SMILES string of the molecule is CCNC(C)c1sc(N2CCC(CC)(CC)C2)nc1C. The van der Waals surface area contributed by atoms with E-state index in [1.807, 2.05) is 11.3 Å². The number of nitrogens with one attached hydrogen (secondary N) is 1. The largest absolute Gasteiger partial charge is 0.348 e. The molecule has 114 valence electrons. The number of anilines is 1. The monoisotopic (exact) mass is 295 g/mol. The van der Waals surface area contributed by atoms with Gasteiger partial charge in [0.2, 0.25) is 0 Å². The summed E-state index contributed by atoms with van der Waals surface area (Å²) in [7, 11) is 0. The van der Waals surface area contributed by atoms with Crippen LogP contribution in [0.15, 0.2) is 0 Å². The maximum atomic E-state index is 4.83. The van der Waals surface area contributed by atoms with Crippen molar-refractivity contribution in [2.45, 2.75) is 59.9 Å². The lowest BCUT2D eigenvalue weighted by Gasteiger charge is -2.26. The van der Waals surface area contributed by atoms with Crippen LogP contribution in [-0.2, 0) is 0 Å². The fraction of sp³-hybridized carbons (Fsp3) is 0.812. The smallest absolute Gasteiger partial charge is 0.185 e. The summed E-state index contributed by atoms with van der Waals surface area (Å²) in [5.74, 6) is 0. The van der Waals surface area contributed by atoms with E-state index in [2.05, 4.69) is 44.8 Å². The molecule has 1 saturated heterocycles. The molecular weight excluding hydrogens is 266 g/mol. The van der Waals surface area contributed by atoms with E-state index in [0.717, 1.165) is 6.54 Å². The summed E-state index contributed by atoms with van der Waals surface area (Å²) in [6, 6.07) is 0.413. The third kappa shape index (κ3) is 3.01. The lowest BCUT2D eigenvalue weighted by atomic mass is 9.82. The Kier molecular flexibility index (Phi) is 5.08. The van der Waals surface area contributed by atoms with E-state index in [-0.39, 0.29) is 0 Å². The molecular formula is C16H29N3S. The molecule has 4 heteroatoms. The van der Waals surface area contributed by atoms with Crippen molar-refractivity contribution in [1.82, 2.24) is 10.3 Å². The van der Waals surface area contributed by atoms with E-state index in [4.69, 9.17) is 4.98 Å². The Balaban J connectivity index is 2.13. The van der Waals surface area contributed by atoms with Gasteiger partial charge in [-0.25, -0.2) is 4.98 Å².